The van der Waals surface area contributed by atoms with Crippen molar-refractivity contribution >= 4 is 0 Å². The van der Waals surface area contributed by atoms with Crippen LogP contribution < -0.4 is 0 Å². The Morgan fingerprint density at radius 1 is 0.917 bits per heavy atom. The van der Waals surface area contributed by atoms with Gasteiger partial charge >= 0.3 is 0 Å². The Hall–Kier alpha value is -0.160. The van der Waals surface area contributed by atoms with E-state index < -0.39 is 17.1 Å². The Morgan fingerprint density at radius 2 is 1.67 bits per heavy atom. The Kier molecular flexibility index (Phi) is 3.73. The second kappa shape index (κ2) is 5.18. The lowest BCUT2D eigenvalue weighted by molar-refractivity contribution is -0.216. The van der Waals surface area contributed by atoms with Crippen LogP contribution in [0.2, 0.25) is 0 Å². The molecule has 2 unspecified atom stereocenters. The van der Waals surface area contributed by atoms with Crippen LogP contribution in [0.5, 0.6) is 0 Å². The lowest BCUT2D eigenvalue weighted by atomic mass is 9.39. The smallest absolute Gasteiger partial charge is 0.0905 e. The topological polar surface area (TPSA) is 80.9 Å². The zero-order valence-electron chi connectivity index (χ0n) is 15.2. The molecule has 0 saturated heterocycles. The number of aliphatic hydroxyl groups is 4. The quantitative estimate of drug-likeness (QED) is 0.621. The van der Waals surface area contributed by atoms with Crippen LogP contribution in [0.1, 0.15) is 65.2 Å². The van der Waals surface area contributed by atoms with E-state index in [1.807, 2.05) is 0 Å². The molecule has 0 amide bonds. The van der Waals surface area contributed by atoms with Crippen molar-refractivity contribution in [2.75, 3.05) is 13.2 Å². The first-order chi connectivity index (χ1) is 11.3. The molecule has 4 saturated carbocycles. The average molecular weight is 338 g/mol. The van der Waals surface area contributed by atoms with Crippen molar-refractivity contribution in [2.24, 2.45) is 34.0 Å². The van der Waals surface area contributed by atoms with Crippen LogP contribution in [-0.4, -0.2) is 45.3 Å². The standard InChI is InChI=1S/C20H34O4/c1-17(11-21)15-4-3-13-9-14-10-19(13,7-8-20(14,24)12-22)18(15,2)6-5-16(17)23/h13-16,21-24H,3-12H2,1-2H3/t13-,14?,15?,16+,17-,18-,19-,20-/m0/s1. The molecule has 2 bridgehead atoms. The summed E-state index contributed by atoms with van der Waals surface area (Å²) < 4.78 is 0. The highest BCUT2D eigenvalue weighted by molar-refractivity contribution is 5.19. The summed E-state index contributed by atoms with van der Waals surface area (Å²) in [5, 5.41) is 41.3. The summed E-state index contributed by atoms with van der Waals surface area (Å²) in [6.07, 6.45) is 7.33. The molecule has 1 spiro atoms. The SMILES string of the molecule is C[C@]1(CO)C2CC[C@H]3CC4C[C@]3(CC[C@]4(O)CO)[C@@]2(C)CC[C@H]1O. The van der Waals surface area contributed by atoms with Crippen molar-refractivity contribution < 1.29 is 20.4 Å². The van der Waals surface area contributed by atoms with Gasteiger partial charge in [-0.15, -0.1) is 0 Å². The van der Waals surface area contributed by atoms with Crippen LogP contribution in [0.25, 0.3) is 0 Å². The highest BCUT2D eigenvalue weighted by atomic mass is 16.3. The van der Waals surface area contributed by atoms with Gasteiger partial charge in [0.05, 0.1) is 24.9 Å². The predicted molar refractivity (Wildman–Crippen MR) is 91.2 cm³/mol. The first-order valence-corrected chi connectivity index (χ1v) is 9.88. The van der Waals surface area contributed by atoms with E-state index >= 15 is 0 Å². The van der Waals surface area contributed by atoms with Gasteiger partial charge in [-0.2, -0.15) is 0 Å². The maximum absolute atomic E-state index is 10.9. The van der Waals surface area contributed by atoms with Gasteiger partial charge in [0.15, 0.2) is 0 Å². The Bertz CT molecular complexity index is 524. The molecule has 0 aromatic rings. The molecule has 4 aliphatic carbocycles. The van der Waals surface area contributed by atoms with E-state index in [-0.39, 0.29) is 30.0 Å². The third-order valence-electron chi connectivity index (χ3n) is 9.54. The first-order valence-electron chi connectivity index (χ1n) is 9.88. The molecule has 4 nitrogen and oxygen atoms in total. The third kappa shape index (κ3) is 1.84. The minimum absolute atomic E-state index is 0.0547. The number of hydrogen-bond acceptors (Lipinski definition) is 4. The van der Waals surface area contributed by atoms with E-state index in [0.29, 0.717) is 18.3 Å². The molecule has 24 heavy (non-hydrogen) atoms. The van der Waals surface area contributed by atoms with Gasteiger partial charge in [-0.05, 0) is 80.0 Å². The summed E-state index contributed by atoms with van der Waals surface area (Å²) in [6, 6.07) is 0. The summed E-state index contributed by atoms with van der Waals surface area (Å²) >= 11 is 0. The molecule has 0 aliphatic heterocycles. The number of rotatable bonds is 2. The second-order valence-electron chi connectivity index (χ2n) is 10.0. The third-order valence-corrected chi connectivity index (χ3v) is 9.54. The van der Waals surface area contributed by atoms with Gasteiger partial charge in [0.25, 0.3) is 0 Å². The maximum Gasteiger partial charge on any atom is 0.0905 e. The predicted octanol–water partition coefficient (Wildman–Crippen LogP) is 2.09. The molecule has 0 radical (unpaired) electrons. The second-order valence-corrected chi connectivity index (χ2v) is 10.0. The Balaban J connectivity index is 1.74. The molecule has 4 N–H and O–H groups in total. The Labute approximate surface area is 145 Å². The first kappa shape index (κ1) is 17.3. The molecule has 138 valence electrons. The fourth-order valence-corrected chi connectivity index (χ4v) is 7.93. The molecule has 0 aromatic heterocycles. The molecule has 4 heteroatoms. The molecular weight excluding hydrogens is 304 g/mol. The maximum atomic E-state index is 10.9. The van der Waals surface area contributed by atoms with E-state index in [1.165, 1.54) is 0 Å². The van der Waals surface area contributed by atoms with Crippen LogP contribution in [-0.2, 0) is 0 Å². The normalized spacial score (nSPS) is 59.8. The van der Waals surface area contributed by atoms with Crippen LogP contribution in [0.15, 0.2) is 0 Å². The molecule has 4 rings (SSSR count). The zero-order valence-corrected chi connectivity index (χ0v) is 15.2. The summed E-state index contributed by atoms with van der Waals surface area (Å²) in [4.78, 5) is 0. The summed E-state index contributed by atoms with van der Waals surface area (Å²) in [5.74, 6) is 1.18. The van der Waals surface area contributed by atoms with Gasteiger partial charge in [-0.1, -0.05) is 13.8 Å². The lowest BCUT2D eigenvalue weighted by Gasteiger charge is -2.66. The highest BCUT2D eigenvalue weighted by Crippen LogP contribution is 2.75. The van der Waals surface area contributed by atoms with E-state index in [9.17, 15) is 20.4 Å². The average Bonchev–Trinajstić information content (AvgIpc) is 2.93. The molecule has 4 fully saturated rings. The minimum Gasteiger partial charge on any atom is -0.396 e. The van der Waals surface area contributed by atoms with E-state index in [0.717, 1.165) is 44.9 Å². The fraction of sp³-hybridized carbons (Fsp3) is 1.00. The van der Waals surface area contributed by atoms with Gasteiger partial charge in [-0.25, -0.2) is 0 Å². The summed E-state index contributed by atoms with van der Waals surface area (Å²) in [5.41, 5.74) is -0.949. The summed E-state index contributed by atoms with van der Waals surface area (Å²) in [6.45, 7) is 4.43. The fourth-order valence-electron chi connectivity index (χ4n) is 7.93. The van der Waals surface area contributed by atoms with E-state index in [1.54, 1.807) is 0 Å². The van der Waals surface area contributed by atoms with E-state index in [2.05, 4.69) is 13.8 Å². The van der Waals surface area contributed by atoms with Crippen molar-refractivity contribution in [1.82, 2.24) is 0 Å². The molecular formula is C20H34O4. The van der Waals surface area contributed by atoms with Gasteiger partial charge < -0.3 is 20.4 Å². The lowest BCUT2D eigenvalue weighted by Crippen LogP contribution is -2.63. The minimum atomic E-state index is -0.886. The molecule has 0 aromatic carbocycles. The van der Waals surface area contributed by atoms with Crippen molar-refractivity contribution in [1.29, 1.82) is 0 Å². The highest BCUT2D eigenvalue weighted by Gasteiger charge is 2.70. The summed E-state index contributed by atoms with van der Waals surface area (Å²) in [7, 11) is 0. The molecule has 8 atom stereocenters. The Morgan fingerprint density at radius 3 is 2.33 bits per heavy atom. The van der Waals surface area contributed by atoms with Crippen LogP contribution >= 0.6 is 0 Å². The van der Waals surface area contributed by atoms with Gasteiger partial charge in [0.2, 0.25) is 0 Å². The van der Waals surface area contributed by atoms with Crippen molar-refractivity contribution in [3.8, 4) is 0 Å². The van der Waals surface area contributed by atoms with Crippen molar-refractivity contribution in [2.45, 2.75) is 76.9 Å². The van der Waals surface area contributed by atoms with Crippen LogP contribution in [0, 0.1) is 34.0 Å². The molecule has 0 heterocycles. The van der Waals surface area contributed by atoms with Crippen molar-refractivity contribution in [3.63, 3.8) is 0 Å². The monoisotopic (exact) mass is 338 g/mol. The number of hydrogen-bond donors (Lipinski definition) is 4. The van der Waals surface area contributed by atoms with Gasteiger partial charge in [0.1, 0.15) is 0 Å². The zero-order chi connectivity index (χ0) is 17.4. The van der Waals surface area contributed by atoms with Crippen LogP contribution in [0.3, 0.4) is 0 Å². The number of fused-ring (bicyclic) bond motifs is 2. The van der Waals surface area contributed by atoms with Crippen molar-refractivity contribution in [3.05, 3.63) is 0 Å². The van der Waals surface area contributed by atoms with Crippen LogP contribution in [0.4, 0.5) is 0 Å². The molecule has 4 aliphatic rings. The van der Waals surface area contributed by atoms with E-state index in [4.69, 9.17) is 0 Å². The largest absolute Gasteiger partial charge is 0.396 e. The van der Waals surface area contributed by atoms with Gasteiger partial charge in [0, 0.05) is 5.41 Å². The van der Waals surface area contributed by atoms with Gasteiger partial charge in [-0.3, -0.25) is 0 Å². The number of aliphatic hydroxyl groups excluding tert-OH is 3.